The van der Waals surface area contributed by atoms with E-state index in [1.54, 1.807) is 12.4 Å². The number of fused-ring (bicyclic) bond motifs is 2. The highest BCUT2D eigenvalue weighted by Gasteiger charge is 2.30. The fourth-order valence-electron chi connectivity index (χ4n) is 3.96. The van der Waals surface area contributed by atoms with Crippen molar-refractivity contribution in [2.45, 2.75) is 19.3 Å². The molecule has 0 unspecified atom stereocenters. The average molecular weight is 427 g/mol. The number of hydrogen-bond acceptors (Lipinski definition) is 7. The van der Waals surface area contributed by atoms with E-state index >= 15 is 0 Å². The Labute approximate surface area is 183 Å². The van der Waals surface area contributed by atoms with Crippen LogP contribution in [0, 0.1) is 5.92 Å². The number of pyridine rings is 2. The molecule has 8 nitrogen and oxygen atoms in total. The zero-order chi connectivity index (χ0) is 21.7. The molecule has 0 radical (unpaired) electrons. The third-order valence-electron chi connectivity index (χ3n) is 5.82. The average Bonchev–Trinajstić information content (AvgIpc) is 3.36. The maximum atomic E-state index is 12.2. The summed E-state index contributed by atoms with van der Waals surface area (Å²) < 4.78 is 11.8. The van der Waals surface area contributed by atoms with Crippen LogP contribution < -0.4 is 10.6 Å². The molecule has 0 atom stereocenters. The van der Waals surface area contributed by atoms with Crippen molar-refractivity contribution in [1.29, 1.82) is 0 Å². The first kappa shape index (κ1) is 18.8. The number of nitrogens with zero attached hydrogens (tertiary/aromatic N) is 3. The molecular formula is C24H21N5O3. The van der Waals surface area contributed by atoms with Crippen LogP contribution in [0.25, 0.3) is 39.1 Å². The Bertz CT molecular complexity index is 1400. The third kappa shape index (κ3) is 3.24. The van der Waals surface area contributed by atoms with Crippen LogP contribution in [-0.4, -0.2) is 34.5 Å². The molecule has 1 aliphatic heterocycles. The predicted molar refractivity (Wildman–Crippen MR) is 122 cm³/mol. The lowest BCUT2D eigenvalue weighted by Gasteiger charge is -2.10. The number of benzene rings is 1. The molecule has 0 spiro atoms. The molecular weight excluding hydrogens is 406 g/mol. The van der Waals surface area contributed by atoms with Gasteiger partial charge in [0.15, 0.2) is 5.58 Å². The Balaban J connectivity index is 1.45. The van der Waals surface area contributed by atoms with Crippen molar-refractivity contribution in [2.24, 2.45) is 5.92 Å². The van der Waals surface area contributed by atoms with Gasteiger partial charge in [0.05, 0.1) is 12.2 Å². The first-order chi connectivity index (χ1) is 15.7. The lowest BCUT2D eigenvalue weighted by molar-refractivity contribution is -0.117. The lowest BCUT2D eigenvalue weighted by atomic mass is 10.1. The van der Waals surface area contributed by atoms with Crippen molar-refractivity contribution in [3.63, 3.8) is 0 Å². The van der Waals surface area contributed by atoms with Crippen LogP contribution in [0.5, 0.6) is 0 Å². The summed E-state index contributed by atoms with van der Waals surface area (Å²) in [6.45, 7) is 0.709. The van der Waals surface area contributed by atoms with Crippen molar-refractivity contribution < 1.29 is 13.9 Å². The summed E-state index contributed by atoms with van der Waals surface area (Å²) >= 11 is 0. The van der Waals surface area contributed by atoms with Crippen molar-refractivity contribution in [2.75, 3.05) is 24.3 Å². The smallest absolute Gasteiger partial charge is 0.229 e. The second-order valence-corrected chi connectivity index (χ2v) is 8.06. The Morgan fingerprint density at radius 1 is 1.12 bits per heavy atom. The molecule has 4 aromatic rings. The molecule has 1 saturated carbocycles. The van der Waals surface area contributed by atoms with Crippen LogP contribution in [0.15, 0.2) is 47.2 Å². The van der Waals surface area contributed by atoms with Crippen molar-refractivity contribution >= 4 is 45.2 Å². The van der Waals surface area contributed by atoms with Gasteiger partial charge in [-0.1, -0.05) is 0 Å². The number of rotatable bonds is 5. The van der Waals surface area contributed by atoms with Crippen LogP contribution in [0.1, 0.15) is 24.8 Å². The van der Waals surface area contributed by atoms with Crippen molar-refractivity contribution in [3.8, 4) is 11.5 Å². The Kier molecular flexibility index (Phi) is 4.31. The lowest BCUT2D eigenvalue weighted by Crippen LogP contribution is -2.14. The number of hydrogen-bond donors (Lipinski definition) is 2. The van der Waals surface area contributed by atoms with E-state index in [-0.39, 0.29) is 11.8 Å². The molecule has 8 heteroatoms. The predicted octanol–water partition coefficient (Wildman–Crippen LogP) is 4.59. The number of amides is 1. The summed E-state index contributed by atoms with van der Waals surface area (Å²) in [5.74, 6) is 2.66. The summed E-state index contributed by atoms with van der Waals surface area (Å²) in [6, 6.07) is 7.71. The standard InChI is InChI=1S/C24H21N5O3/c1-25-22-16-11-26-21(29-23(30)13-4-5-13)10-15(16)17(12-27-22)24-28-18-9-14(6-7-20(18)32-24)19-3-2-8-31-19/h3,6-7,9-13H,2,4-5,8H2,1H3,(H,25,27)(H,26,29,30). The van der Waals surface area contributed by atoms with E-state index in [9.17, 15) is 4.79 Å². The largest absolute Gasteiger partial charge is 0.493 e. The molecule has 160 valence electrons. The van der Waals surface area contributed by atoms with Gasteiger partial charge in [-0.15, -0.1) is 0 Å². The molecule has 32 heavy (non-hydrogen) atoms. The monoisotopic (exact) mass is 427 g/mol. The van der Waals surface area contributed by atoms with Crippen LogP contribution in [0.2, 0.25) is 0 Å². The van der Waals surface area contributed by atoms with E-state index < -0.39 is 0 Å². The maximum Gasteiger partial charge on any atom is 0.229 e. The molecule has 1 aromatic carbocycles. The van der Waals surface area contributed by atoms with Crippen LogP contribution in [0.3, 0.4) is 0 Å². The zero-order valence-electron chi connectivity index (χ0n) is 17.5. The summed E-state index contributed by atoms with van der Waals surface area (Å²) in [5, 5.41) is 7.68. The Morgan fingerprint density at radius 2 is 2.03 bits per heavy atom. The Morgan fingerprint density at radius 3 is 2.81 bits per heavy atom. The van der Waals surface area contributed by atoms with E-state index in [1.807, 2.05) is 31.3 Å². The maximum absolute atomic E-state index is 12.2. The van der Waals surface area contributed by atoms with Gasteiger partial charge in [-0.2, -0.15) is 0 Å². The molecule has 2 N–H and O–H groups in total. The Hall–Kier alpha value is -3.94. The van der Waals surface area contributed by atoms with Gasteiger partial charge in [0.1, 0.15) is 22.9 Å². The van der Waals surface area contributed by atoms with Crippen LogP contribution >= 0.6 is 0 Å². The fraction of sp³-hybridized carbons (Fsp3) is 0.250. The van der Waals surface area contributed by atoms with E-state index in [4.69, 9.17) is 14.1 Å². The topological polar surface area (TPSA) is 102 Å². The quantitative estimate of drug-likeness (QED) is 0.480. The molecule has 4 heterocycles. The molecule has 3 aromatic heterocycles. The van der Waals surface area contributed by atoms with Gasteiger partial charge in [-0.3, -0.25) is 4.79 Å². The number of oxazole rings is 1. The van der Waals surface area contributed by atoms with Gasteiger partial charge in [0.2, 0.25) is 11.8 Å². The van der Waals surface area contributed by atoms with Crippen molar-refractivity contribution in [3.05, 3.63) is 48.3 Å². The highest BCUT2D eigenvalue weighted by molar-refractivity contribution is 6.03. The van der Waals surface area contributed by atoms with Crippen LogP contribution in [-0.2, 0) is 9.53 Å². The summed E-state index contributed by atoms with van der Waals surface area (Å²) in [6.07, 6.45) is 8.32. The number of carbonyl (C=O) groups excluding carboxylic acids is 1. The SMILES string of the molecule is CNc1ncc(-c2nc3cc(C4=CCCO4)ccc3o2)c2cc(NC(=O)C3CC3)ncc12. The van der Waals surface area contributed by atoms with E-state index in [0.29, 0.717) is 29.7 Å². The first-order valence-corrected chi connectivity index (χ1v) is 10.7. The number of anilines is 2. The molecule has 1 fully saturated rings. The minimum absolute atomic E-state index is 0.0131. The molecule has 6 rings (SSSR count). The van der Waals surface area contributed by atoms with Gasteiger partial charge in [-0.05, 0) is 43.2 Å². The number of nitrogens with one attached hydrogen (secondary N) is 2. The number of aromatic nitrogens is 3. The zero-order valence-corrected chi connectivity index (χ0v) is 17.5. The minimum atomic E-state index is 0.0131. The van der Waals surface area contributed by atoms with E-state index in [1.165, 1.54) is 0 Å². The second kappa shape index (κ2) is 7.33. The highest BCUT2D eigenvalue weighted by atomic mass is 16.5. The van der Waals surface area contributed by atoms with E-state index in [2.05, 4.69) is 26.7 Å². The van der Waals surface area contributed by atoms with Crippen LogP contribution in [0.4, 0.5) is 11.6 Å². The summed E-state index contributed by atoms with van der Waals surface area (Å²) in [5.41, 5.74) is 3.15. The van der Waals surface area contributed by atoms with Gasteiger partial charge >= 0.3 is 0 Å². The first-order valence-electron chi connectivity index (χ1n) is 10.7. The summed E-state index contributed by atoms with van der Waals surface area (Å²) in [4.78, 5) is 25.9. The molecule has 1 aliphatic carbocycles. The second-order valence-electron chi connectivity index (χ2n) is 8.06. The molecule has 1 amide bonds. The fourth-order valence-corrected chi connectivity index (χ4v) is 3.96. The highest BCUT2D eigenvalue weighted by Crippen LogP contribution is 2.35. The molecule has 0 bridgehead atoms. The number of carbonyl (C=O) groups is 1. The third-order valence-corrected chi connectivity index (χ3v) is 5.82. The molecule has 0 saturated heterocycles. The van der Waals surface area contributed by atoms with Gasteiger partial charge in [-0.25, -0.2) is 15.0 Å². The normalized spacial score (nSPS) is 15.6. The van der Waals surface area contributed by atoms with Crippen molar-refractivity contribution in [1.82, 2.24) is 15.0 Å². The van der Waals surface area contributed by atoms with Gasteiger partial charge in [0.25, 0.3) is 0 Å². The molecule has 2 aliphatic rings. The van der Waals surface area contributed by atoms with E-state index in [0.717, 1.165) is 52.4 Å². The number of ether oxygens (including phenoxy) is 1. The van der Waals surface area contributed by atoms with Gasteiger partial charge < -0.3 is 19.8 Å². The summed E-state index contributed by atoms with van der Waals surface area (Å²) in [7, 11) is 1.81. The minimum Gasteiger partial charge on any atom is -0.493 e. The van der Waals surface area contributed by atoms with Gasteiger partial charge in [0, 0.05) is 48.1 Å².